The van der Waals surface area contributed by atoms with Crippen LogP contribution in [0.25, 0.3) is 78.4 Å². The van der Waals surface area contributed by atoms with Crippen LogP contribution in [-0.4, -0.2) is 9.97 Å². The summed E-state index contributed by atoms with van der Waals surface area (Å²) in [6.07, 6.45) is 0. The third-order valence-electron chi connectivity index (χ3n) is 13.9. The fourth-order valence-electron chi connectivity index (χ4n) is 10.9. The molecule has 0 radical (unpaired) electrons. The number of aromatic nitrogens is 2. The van der Waals surface area contributed by atoms with Crippen LogP contribution in [0, 0.1) is 0 Å². The first-order valence-electron chi connectivity index (χ1n) is 23.3. The molecular formula is C65H43N3. The van der Waals surface area contributed by atoms with Crippen LogP contribution >= 0.6 is 0 Å². The Morgan fingerprint density at radius 3 is 1.37 bits per heavy atom. The van der Waals surface area contributed by atoms with Crippen molar-refractivity contribution in [2.45, 2.75) is 5.41 Å². The van der Waals surface area contributed by atoms with Crippen LogP contribution in [0.4, 0.5) is 17.1 Å². The molecule has 68 heavy (non-hydrogen) atoms. The van der Waals surface area contributed by atoms with E-state index in [0.717, 1.165) is 56.3 Å². The molecule has 0 amide bonds. The topological polar surface area (TPSA) is 29.0 Å². The van der Waals surface area contributed by atoms with E-state index in [1.54, 1.807) is 0 Å². The highest BCUT2D eigenvalue weighted by Gasteiger charge is 2.52. The summed E-state index contributed by atoms with van der Waals surface area (Å²) in [6, 6.07) is 94.3. The Hall–Kier alpha value is -8.92. The van der Waals surface area contributed by atoms with E-state index >= 15 is 0 Å². The van der Waals surface area contributed by atoms with Crippen molar-refractivity contribution in [3.8, 4) is 78.4 Å². The number of anilines is 3. The largest absolute Gasteiger partial charge is 0.310 e. The minimum atomic E-state index is -0.636. The molecule has 0 saturated carbocycles. The first kappa shape index (κ1) is 39.4. The van der Waals surface area contributed by atoms with Crippen LogP contribution in [0.1, 0.15) is 22.3 Å². The highest BCUT2D eigenvalue weighted by atomic mass is 15.2. The molecular weight excluding hydrogens is 823 g/mol. The highest BCUT2D eigenvalue weighted by molar-refractivity contribution is 6.01. The molecule has 2 aliphatic rings. The molecule has 0 fully saturated rings. The van der Waals surface area contributed by atoms with Gasteiger partial charge in [-0.05, 0) is 109 Å². The summed E-state index contributed by atoms with van der Waals surface area (Å²) in [5, 5.41) is 0. The average Bonchev–Trinajstić information content (AvgIpc) is 3.72. The summed E-state index contributed by atoms with van der Waals surface area (Å²) in [5.41, 5.74) is 22.2. The maximum Gasteiger partial charge on any atom is 0.160 e. The summed E-state index contributed by atoms with van der Waals surface area (Å²) < 4.78 is 0. The molecule has 3 nitrogen and oxygen atoms in total. The Kier molecular flexibility index (Phi) is 9.40. The lowest BCUT2D eigenvalue weighted by atomic mass is 9.64. The SMILES string of the molecule is c1ccc(-c2cccc(-c3ccc(-c4ccc5c(c4)-c4c(-c6cc(-c7ccccc7)nc(-c7ccccc7)n6)cccc4C54c5ccccc5N(c5ccccc5)c5ccccc54)cc3)c2)cc1. The van der Waals surface area contributed by atoms with E-state index in [1.165, 1.54) is 55.6 Å². The predicted octanol–water partition coefficient (Wildman–Crippen LogP) is 16.6. The van der Waals surface area contributed by atoms with Gasteiger partial charge in [-0.15, -0.1) is 0 Å². The minimum Gasteiger partial charge on any atom is -0.310 e. The van der Waals surface area contributed by atoms with Crippen LogP contribution in [0.5, 0.6) is 0 Å². The Labute approximate surface area is 397 Å². The van der Waals surface area contributed by atoms with E-state index in [9.17, 15) is 0 Å². The number of fused-ring (bicyclic) bond motifs is 9. The number of rotatable bonds is 7. The van der Waals surface area contributed by atoms with E-state index in [2.05, 4.69) is 260 Å². The van der Waals surface area contributed by atoms with Gasteiger partial charge in [-0.3, -0.25) is 0 Å². The third-order valence-corrected chi connectivity index (χ3v) is 13.9. The van der Waals surface area contributed by atoms with Gasteiger partial charge in [0.25, 0.3) is 0 Å². The van der Waals surface area contributed by atoms with Crippen molar-refractivity contribution in [3.05, 3.63) is 283 Å². The van der Waals surface area contributed by atoms with Crippen LogP contribution in [0.2, 0.25) is 0 Å². The standard InChI is InChI=1S/C65H43N3/c1-5-19-44(20-6-1)49-25-17-26-50(41-49)45-35-37-46(38-36-45)51-39-40-55-54(42-51)63-53(60-43-59(47-21-7-2-8-22-47)66-64(67-60)48-23-9-3-10-24-48)29-18-32-58(63)65(55)56-30-13-15-33-61(56)68(52-27-11-4-12-28-52)62-34-16-14-31-57(62)65/h1-43H. The molecule has 2 heterocycles. The zero-order valence-electron chi connectivity index (χ0n) is 37.2. The lowest BCUT2D eigenvalue weighted by Gasteiger charge is -2.45. The lowest BCUT2D eigenvalue weighted by molar-refractivity contribution is 0.753. The zero-order chi connectivity index (χ0) is 45.0. The zero-order valence-corrected chi connectivity index (χ0v) is 37.2. The Morgan fingerprint density at radius 2 is 0.735 bits per heavy atom. The van der Waals surface area contributed by atoms with E-state index in [4.69, 9.17) is 9.97 Å². The van der Waals surface area contributed by atoms with Gasteiger partial charge in [0.05, 0.1) is 28.2 Å². The van der Waals surface area contributed by atoms with Crippen LogP contribution in [0.3, 0.4) is 0 Å². The van der Waals surface area contributed by atoms with Gasteiger partial charge in [0.1, 0.15) is 0 Å². The quantitative estimate of drug-likeness (QED) is 0.160. The van der Waals surface area contributed by atoms with E-state index < -0.39 is 5.41 Å². The van der Waals surface area contributed by atoms with Crippen molar-refractivity contribution < 1.29 is 0 Å². The van der Waals surface area contributed by atoms with Gasteiger partial charge in [-0.1, -0.05) is 218 Å². The average molecular weight is 866 g/mol. The summed E-state index contributed by atoms with van der Waals surface area (Å²) >= 11 is 0. The molecule has 1 aromatic heterocycles. The molecule has 0 unspecified atom stereocenters. The first-order valence-corrected chi connectivity index (χ1v) is 23.3. The third kappa shape index (κ3) is 6.35. The van der Waals surface area contributed by atoms with Gasteiger partial charge in [0.2, 0.25) is 0 Å². The summed E-state index contributed by atoms with van der Waals surface area (Å²) in [7, 11) is 0. The van der Waals surface area contributed by atoms with Gasteiger partial charge >= 0.3 is 0 Å². The Morgan fingerprint density at radius 1 is 0.279 bits per heavy atom. The maximum absolute atomic E-state index is 5.45. The van der Waals surface area contributed by atoms with Crippen LogP contribution < -0.4 is 4.90 Å². The number of benzene rings is 10. The second kappa shape index (κ2) is 16.2. The normalized spacial score (nSPS) is 12.8. The van der Waals surface area contributed by atoms with Crippen molar-refractivity contribution in [2.24, 2.45) is 0 Å². The summed E-state index contributed by atoms with van der Waals surface area (Å²) in [4.78, 5) is 13.1. The van der Waals surface area contributed by atoms with E-state index in [-0.39, 0.29) is 0 Å². The maximum atomic E-state index is 5.45. The fourth-order valence-corrected chi connectivity index (χ4v) is 10.9. The van der Waals surface area contributed by atoms with Gasteiger partial charge in [-0.2, -0.15) is 0 Å². The molecule has 1 spiro atoms. The molecule has 13 rings (SSSR count). The van der Waals surface area contributed by atoms with Crippen molar-refractivity contribution >= 4 is 17.1 Å². The van der Waals surface area contributed by atoms with Crippen LogP contribution in [0.15, 0.2) is 261 Å². The fraction of sp³-hybridized carbons (Fsp3) is 0.0154. The smallest absolute Gasteiger partial charge is 0.160 e. The minimum absolute atomic E-state index is 0.636. The second-order valence-corrected chi connectivity index (χ2v) is 17.7. The number of hydrogen-bond donors (Lipinski definition) is 0. The molecule has 10 aromatic carbocycles. The molecule has 0 atom stereocenters. The Balaban J connectivity index is 1.04. The number of para-hydroxylation sites is 3. The van der Waals surface area contributed by atoms with Crippen LogP contribution in [-0.2, 0) is 5.41 Å². The molecule has 0 N–H and O–H groups in total. The van der Waals surface area contributed by atoms with Gasteiger partial charge < -0.3 is 4.90 Å². The van der Waals surface area contributed by atoms with Crippen molar-refractivity contribution in [1.82, 2.24) is 9.97 Å². The number of hydrogen-bond acceptors (Lipinski definition) is 3. The van der Waals surface area contributed by atoms with E-state index in [1.807, 2.05) is 6.07 Å². The van der Waals surface area contributed by atoms with Gasteiger partial charge in [-0.25, -0.2) is 9.97 Å². The summed E-state index contributed by atoms with van der Waals surface area (Å²) in [5.74, 6) is 0.697. The molecule has 11 aromatic rings. The predicted molar refractivity (Wildman–Crippen MR) is 280 cm³/mol. The lowest BCUT2D eigenvalue weighted by Crippen LogP contribution is -2.36. The van der Waals surface area contributed by atoms with Gasteiger partial charge in [0.15, 0.2) is 5.82 Å². The highest BCUT2D eigenvalue weighted by Crippen LogP contribution is 2.64. The van der Waals surface area contributed by atoms with Crippen molar-refractivity contribution in [1.29, 1.82) is 0 Å². The van der Waals surface area contributed by atoms with Gasteiger partial charge in [0, 0.05) is 22.4 Å². The molecule has 0 bridgehead atoms. The molecule has 0 saturated heterocycles. The molecule has 1 aliphatic carbocycles. The second-order valence-electron chi connectivity index (χ2n) is 17.7. The molecule has 3 heteroatoms. The summed E-state index contributed by atoms with van der Waals surface area (Å²) in [6.45, 7) is 0. The molecule has 318 valence electrons. The number of nitrogens with zero attached hydrogens (tertiary/aromatic N) is 3. The van der Waals surface area contributed by atoms with Crippen molar-refractivity contribution in [2.75, 3.05) is 4.90 Å². The monoisotopic (exact) mass is 865 g/mol. The molecule has 1 aliphatic heterocycles. The first-order chi connectivity index (χ1) is 33.7. The Bertz CT molecular complexity index is 3550. The van der Waals surface area contributed by atoms with E-state index in [0.29, 0.717) is 5.82 Å². The van der Waals surface area contributed by atoms with Crippen molar-refractivity contribution in [3.63, 3.8) is 0 Å².